The van der Waals surface area contributed by atoms with Gasteiger partial charge >= 0.3 is 0 Å². The molecule has 0 aliphatic heterocycles. The lowest BCUT2D eigenvalue weighted by atomic mass is 9.67. The summed E-state index contributed by atoms with van der Waals surface area (Å²) in [5.41, 5.74) is 11.2. The zero-order valence-electron chi connectivity index (χ0n) is 30.4. The summed E-state index contributed by atoms with van der Waals surface area (Å²) in [6, 6.07) is 60.6. The monoisotopic (exact) mass is 679 g/mol. The molecule has 8 aromatic carbocycles. The molecule has 2 aliphatic carbocycles. The summed E-state index contributed by atoms with van der Waals surface area (Å²) < 4.78 is 0. The van der Waals surface area contributed by atoms with Crippen LogP contribution in [0.4, 0.5) is 17.1 Å². The van der Waals surface area contributed by atoms with Crippen LogP contribution in [0.1, 0.15) is 31.9 Å². The molecule has 53 heavy (non-hydrogen) atoms. The van der Waals surface area contributed by atoms with Crippen LogP contribution in [0, 0.1) is 5.92 Å². The van der Waals surface area contributed by atoms with E-state index in [1.165, 1.54) is 71.4 Å². The van der Waals surface area contributed by atoms with Gasteiger partial charge in [-0.05, 0) is 119 Å². The fourth-order valence-electron chi connectivity index (χ4n) is 9.64. The van der Waals surface area contributed by atoms with Crippen LogP contribution < -0.4 is 4.90 Å². The molecule has 2 aliphatic rings. The molecule has 0 radical (unpaired) electrons. The molecule has 254 valence electrons. The van der Waals surface area contributed by atoms with Crippen molar-refractivity contribution < 1.29 is 0 Å². The molecule has 0 bridgehead atoms. The minimum atomic E-state index is -0.128. The van der Waals surface area contributed by atoms with E-state index < -0.39 is 0 Å². The third kappa shape index (κ3) is 4.91. The number of nitrogens with zero attached hydrogens (tertiary/aromatic N) is 1. The third-order valence-corrected chi connectivity index (χ3v) is 12.2. The van der Waals surface area contributed by atoms with Crippen molar-refractivity contribution in [1.82, 2.24) is 0 Å². The highest BCUT2D eigenvalue weighted by molar-refractivity contribution is 6.13. The second-order valence-corrected chi connectivity index (χ2v) is 15.6. The SMILES string of the molecule is CC1(C)c2cccc(N(c3ccc(-c4ccc5ccccc5c4)cc3)c3ccc(-c4cc5ccccc5c5ccccc45)cc3)c2C2(C)C=CC=CC12. The standard InChI is InChI=1S/C52H41N/c1-51(2)47-19-12-20-48(50(47)52(3)32-11-10-21-49(51)52)53(41-28-24-36(25-29-41)39-23-22-35-13-4-5-14-38(35)33-39)42-30-26-37(27-31-42)46-34-40-15-6-7-16-43(40)44-17-8-9-18-45(44)46/h4-34,49H,1-3H3. The minimum Gasteiger partial charge on any atom is -0.310 e. The molecule has 0 fully saturated rings. The Labute approximate surface area is 312 Å². The van der Waals surface area contributed by atoms with Crippen LogP contribution in [0.3, 0.4) is 0 Å². The van der Waals surface area contributed by atoms with E-state index in [1.54, 1.807) is 0 Å². The number of benzene rings is 8. The van der Waals surface area contributed by atoms with Gasteiger partial charge < -0.3 is 4.90 Å². The Morgan fingerprint density at radius 1 is 0.472 bits per heavy atom. The lowest BCUT2D eigenvalue weighted by molar-refractivity contribution is 0.324. The van der Waals surface area contributed by atoms with E-state index in [-0.39, 0.29) is 10.8 Å². The first-order valence-corrected chi connectivity index (χ1v) is 18.8. The first kappa shape index (κ1) is 31.5. The van der Waals surface area contributed by atoms with Crippen LogP contribution in [0.5, 0.6) is 0 Å². The normalized spacial score (nSPS) is 18.4. The smallest absolute Gasteiger partial charge is 0.0505 e. The van der Waals surface area contributed by atoms with Gasteiger partial charge in [-0.25, -0.2) is 0 Å². The Morgan fingerprint density at radius 3 is 1.85 bits per heavy atom. The van der Waals surface area contributed by atoms with E-state index >= 15 is 0 Å². The summed E-state index contributed by atoms with van der Waals surface area (Å²) >= 11 is 0. The van der Waals surface area contributed by atoms with E-state index in [0.29, 0.717) is 5.92 Å². The van der Waals surface area contributed by atoms with Gasteiger partial charge in [0.05, 0.1) is 5.69 Å². The Morgan fingerprint density at radius 2 is 1.09 bits per heavy atom. The van der Waals surface area contributed by atoms with Gasteiger partial charge in [0.1, 0.15) is 0 Å². The van der Waals surface area contributed by atoms with Crippen molar-refractivity contribution in [3.05, 3.63) is 199 Å². The average molecular weight is 680 g/mol. The zero-order chi connectivity index (χ0) is 35.7. The highest BCUT2D eigenvalue weighted by Gasteiger charge is 2.53. The van der Waals surface area contributed by atoms with Crippen LogP contribution in [-0.4, -0.2) is 0 Å². The number of hydrogen-bond donors (Lipinski definition) is 0. The Hall–Kier alpha value is -6.18. The summed E-state index contributed by atoms with van der Waals surface area (Å²) in [5.74, 6) is 0.372. The molecule has 2 atom stereocenters. The molecular formula is C52H41N. The van der Waals surface area contributed by atoms with E-state index in [4.69, 9.17) is 0 Å². The molecule has 0 saturated heterocycles. The third-order valence-electron chi connectivity index (χ3n) is 12.2. The summed E-state index contributed by atoms with van der Waals surface area (Å²) in [6.07, 6.45) is 9.33. The quantitative estimate of drug-likeness (QED) is 0.164. The number of rotatable bonds is 5. The van der Waals surface area contributed by atoms with Crippen molar-refractivity contribution in [3.63, 3.8) is 0 Å². The van der Waals surface area contributed by atoms with Gasteiger partial charge in [-0.1, -0.05) is 166 Å². The number of allylic oxidation sites excluding steroid dienone is 4. The minimum absolute atomic E-state index is 0.00599. The molecule has 0 N–H and O–H groups in total. The molecule has 10 rings (SSSR count). The molecule has 0 spiro atoms. The van der Waals surface area contributed by atoms with Crippen LogP contribution in [0.2, 0.25) is 0 Å². The van der Waals surface area contributed by atoms with E-state index in [2.05, 4.69) is 214 Å². The molecule has 0 saturated carbocycles. The first-order valence-electron chi connectivity index (χ1n) is 18.8. The molecule has 0 aromatic heterocycles. The topological polar surface area (TPSA) is 3.24 Å². The highest BCUT2D eigenvalue weighted by Crippen LogP contribution is 2.60. The molecule has 1 nitrogen and oxygen atoms in total. The Balaban J connectivity index is 1.13. The summed E-state index contributed by atoms with van der Waals surface area (Å²) in [6.45, 7) is 7.27. The van der Waals surface area contributed by atoms with Crippen molar-refractivity contribution in [2.45, 2.75) is 31.6 Å². The number of anilines is 3. The lowest BCUT2D eigenvalue weighted by Gasteiger charge is -2.37. The second-order valence-electron chi connectivity index (χ2n) is 15.6. The second kappa shape index (κ2) is 11.9. The van der Waals surface area contributed by atoms with Gasteiger partial charge in [0.15, 0.2) is 0 Å². The Kier molecular flexibility index (Phi) is 7.10. The maximum Gasteiger partial charge on any atom is 0.0505 e. The van der Waals surface area contributed by atoms with Crippen molar-refractivity contribution in [2.24, 2.45) is 5.92 Å². The van der Waals surface area contributed by atoms with E-state index in [1.807, 2.05) is 0 Å². The molecule has 1 heteroatoms. The lowest BCUT2D eigenvalue weighted by Crippen LogP contribution is -2.34. The molecule has 0 amide bonds. The van der Waals surface area contributed by atoms with Crippen LogP contribution >= 0.6 is 0 Å². The van der Waals surface area contributed by atoms with Crippen LogP contribution in [-0.2, 0) is 10.8 Å². The zero-order valence-corrected chi connectivity index (χ0v) is 30.4. The van der Waals surface area contributed by atoms with Crippen molar-refractivity contribution in [2.75, 3.05) is 4.90 Å². The van der Waals surface area contributed by atoms with Gasteiger partial charge in [-0.3, -0.25) is 0 Å². The largest absolute Gasteiger partial charge is 0.310 e. The van der Waals surface area contributed by atoms with Crippen LogP contribution in [0.15, 0.2) is 188 Å². The summed E-state index contributed by atoms with van der Waals surface area (Å²) in [7, 11) is 0. The van der Waals surface area contributed by atoms with Gasteiger partial charge in [-0.15, -0.1) is 0 Å². The highest BCUT2D eigenvalue weighted by atomic mass is 15.1. The molecule has 0 heterocycles. The fraction of sp³-hybridized carbons (Fsp3) is 0.115. The van der Waals surface area contributed by atoms with E-state index in [9.17, 15) is 0 Å². The van der Waals surface area contributed by atoms with Gasteiger partial charge in [0.2, 0.25) is 0 Å². The predicted octanol–water partition coefficient (Wildman–Crippen LogP) is 14.2. The van der Waals surface area contributed by atoms with Crippen molar-refractivity contribution in [3.8, 4) is 22.3 Å². The first-order chi connectivity index (χ1) is 25.9. The fourth-order valence-corrected chi connectivity index (χ4v) is 9.64. The molecule has 8 aromatic rings. The van der Waals surface area contributed by atoms with Gasteiger partial charge in [0.25, 0.3) is 0 Å². The number of hydrogen-bond acceptors (Lipinski definition) is 1. The molecular weight excluding hydrogens is 639 g/mol. The van der Waals surface area contributed by atoms with Crippen LogP contribution in [0.25, 0.3) is 54.6 Å². The maximum absolute atomic E-state index is 2.49. The van der Waals surface area contributed by atoms with Gasteiger partial charge in [-0.2, -0.15) is 0 Å². The van der Waals surface area contributed by atoms with Crippen molar-refractivity contribution in [1.29, 1.82) is 0 Å². The van der Waals surface area contributed by atoms with Crippen molar-refractivity contribution >= 4 is 49.4 Å². The average Bonchev–Trinajstić information content (AvgIpc) is 3.40. The predicted molar refractivity (Wildman–Crippen MR) is 227 cm³/mol. The summed E-state index contributed by atoms with van der Waals surface area (Å²) in [5, 5.41) is 7.64. The van der Waals surface area contributed by atoms with Gasteiger partial charge in [0, 0.05) is 16.8 Å². The molecule has 2 unspecified atom stereocenters. The summed E-state index contributed by atoms with van der Waals surface area (Å²) in [4.78, 5) is 2.49. The van der Waals surface area contributed by atoms with E-state index in [0.717, 1.165) is 11.4 Å². The number of fused-ring (bicyclic) bond motifs is 7. The maximum atomic E-state index is 2.49. The Bertz CT molecular complexity index is 2760.